The third-order valence-corrected chi connectivity index (χ3v) is 5.17. The molecule has 3 nitrogen and oxygen atoms in total. The zero-order chi connectivity index (χ0) is 13.9. The normalized spacial score (nSPS) is 30.9. The molecule has 0 spiro atoms. The van der Waals surface area contributed by atoms with Gasteiger partial charge in [0.05, 0.1) is 0 Å². The van der Waals surface area contributed by atoms with Crippen molar-refractivity contribution in [3.8, 4) is 0 Å². The second kappa shape index (κ2) is 6.55. The largest absolute Gasteiger partial charge is 0.317 e. The van der Waals surface area contributed by atoms with Gasteiger partial charge in [0, 0.05) is 37.8 Å². The van der Waals surface area contributed by atoms with Crippen LogP contribution in [-0.2, 0) is 0 Å². The lowest BCUT2D eigenvalue weighted by atomic mass is 9.99. The fraction of sp³-hybridized carbons (Fsp3) is 1.00. The molecule has 1 aliphatic carbocycles. The minimum absolute atomic E-state index is 0.342. The zero-order valence-corrected chi connectivity index (χ0v) is 13.4. The molecule has 1 aliphatic heterocycles. The van der Waals surface area contributed by atoms with Crippen LogP contribution in [-0.4, -0.2) is 61.2 Å². The third kappa shape index (κ3) is 4.17. The lowest BCUT2D eigenvalue weighted by Crippen LogP contribution is -2.53. The number of hydrogen-bond acceptors (Lipinski definition) is 3. The molecule has 1 heterocycles. The Hall–Kier alpha value is -0.120. The molecule has 19 heavy (non-hydrogen) atoms. The van der Waals surface area contributed by atoms with Crippen molar-refractivity contribution in [1.29, 1.82) is 0 Å². The summed E-state index contributed by atoms with van der Waals surface area (Å²) in [5.41, 5.74) is 0.342. The Morgan fingerprint density at radius 3 is 2.32 bits per heavy atom. The smallest absolute Gasteiger partial charge is 0.0126 e. The molecule has 2 unspecified atom stereocenters. The molecule has 1 saturated heterocycles. The average molecular weight is 267 g/mol. The van der Waals surface area contributed by atoms with Gasteiger partial charge in [0.1, 0.15) is 0 Å². The van der Waals surface area contributed by atoms with E-state index in [0.29, 0.717) is 5.54 Å². The number of piperazine rings is 1. The Morgan fingerprint density at radius 2 is 1.74 bits per heavy atom. The molecule has 2 atom stereocenters. The Bertz CT molecular complexity index is 264. The monoisotopic (exact) mass is 267 g/mol. The summed E-state index contributed by atoms with van der Waals surface area (Å²) in [6.45, 7) is 13.3. The first kappa shape index (κ1) is 15.3. The average Bonchev–Trinajstić information content (AvgIpc) is 2.83. The predicted molar refractivity (Wildman–Crippen MR) is 82.6 cm³/mol. The molecule has 0 amide bonds. The summed E-state index contributed by atoms with van der Waals surface area (Å²) < 4.78 is 0. The van der Waals surface area contributed by atoms with Gasteiger partial charge in [-0.3, -0.25) is 4.90 Å². The number of hydrogen-bond donors (Lipinski definition) is 1. The van der Waals surface area contributed by atoms with E-state index in [1.807, 2.05) is 0 Å². The lowest BCUT2D eigenvalue weighted by Gasteiger charge is -2.42. The first-order chi connectivity index (χ1) is 9.00. The minimum Gasteiger partial charge on any atom is -0.317 e. The van der Waals surface area contributed by atoms with Crippen LogP contribution in [0.2, 0.25) is 0 Å². The van der Waals surface area contributed by atoms with Gasteiger partial charge in [0.25, 0.3) is 0 Å². The maximum absolute atomic E-state index is 3.50. The van der Waals surface area contributed by atoms with Gasteiger partial charge in [-0.2, -0.15) is 0 Å². The summed E-state index contributed by atoms with van der Waals surface area (Å²) in [7, 11) is 2.13. The van der Waals surface area contributed by atoms with Crippen molar-refractivity contribution >= 4 is 0 Å². The Kier molecular flexibility index (Phi) is 5.27. The van der Waals surface area contributed by atoms with E-state index in [0.717, 1.165) is 12.0 Å². The first-order valence-corrected chi connectivity index (χ1v) is 8.15. The highest BCUT2D eigenvalue weighted by atomic mass is 15.3. The van der Waals surface area contributed by atoms with Crippen molar-refractivity contribution in [2.45, 2.75) is 58.0 Å². The van der Waals surface area contributed by atoms with Gasteiger partial charge in [-0.15, -0.1) is 0 Å². The molecular formula is C16H33N3. The van der Waals surface area contributed by atoms with Crippen LogP contribution in [0.5, 0.6) is 0 Å². The molecule has 0 radical (unpaired) electrons. The fourth-order valence-electron chi connectivity index (χ4n) is 3.75. The lowest BCUT2D eigenvalue weighted by molar-refractivity contribution is 0.0594. The molecule has 2 rings (SSSR count). The van der Waals surface area contributed by atoms with E-state index >= 15 is 0 Å². The summed E-state index contributed by atoms with van der Waals surface area (Å²) in [5, 5.41) is 3.50. The van der Waals surface area contributed by atoms with E-state index in [2.05, 4.69) is 42.9 Å². The van der Waals surface area contributed by atoms with Gasteiger partial charge in [0.15, 0.2) is 0 Å². The van der Waals surface area contributed by atoms with E-state index in [1.54, 1.807) is 0 Å². The Balaban J connectivity index is 1.68. The second-order valence-corrected chi connectivity index (χ2v) is 7.37. The molecule has 0 aromatic rings. The van der Waals surface area contributed by atoms with Crippen molar-refractivity contribution in [2.24, 2.45) is 5.92 Å². The highest BCUT2D eigenvalue weighted by Crippen LogP contribution is 2.28. The van der Waals surface area contributed by atoms with Crippen molar-refractivity contribution in [1.82, 2.24) is 15.1 Å². The maximum atomic E-state index is 3.50. The van der Waals surface area contributed by atoms with Crippen LogP contribution in [0.4, 0.5) is 0 Å². The van der Waals surface area contributed by atoms with Gasteiger partial charge in [-0.05, 0) is 59.5 Å². The molecule has 1 saturated carbocycles. The van der Waals surface area contributed by atoms with Crippen LogP contribution in [0.15, 0.2) is 0 Å². The van der Waals surface area contributed by atoms with Gasteiger partial charge in [-0.25, -0.2) is 0 Å². The summed E-state index contributed by atoms with van der Waals surface area (Å²) in [6, 6.07) is 0.788. The SMILES string of the molecule is CNC1CCCC1CCN1CCN(C(C)(C)C)CC1. The van der Waals surface area contributed by atoms with Crippen LogP contribution >= 0.6 is 0 Å². The van der Waals surface area contributed by atoms with Crippen LogP contribution in [0, 0.1) is 5.92 Å². The van der Waals surface area contributed by atoms with Crippen molar-refractivity contribution in [3.05, 3.63) is 0 Å². The summed E-state index contributed by atoms with van der Waals surface area (Å²) in [5.74, 6) is 0.922. The molecule has 2 aliphatic rings. The highest BCUT2D eigenvalue weighted by Gasteiger charge is 2.28. The highest BCUT2D eigenvalue weighted by molar-refractivity contribution is 4.85. The topological polar surface area (TPSA) is 18.5 Å². The van der Waals surface area contributed by atoms with E-state index < -0.39 is 0 Å². The summed E-state index contributed by atoms with van der Waals surface area (Å²) in [4.78, 5) is 5.29. The minimum atomic E-state index is 0.342. The predicted octanol–water partition coefficient (Wildman–Crippen LogP) is 2.18. The number of rotatable bonds is 4. The van der Waals surface area contributed by atoms with E-state index in [4.69, 9.17) is 0 Å². The summed E-state index contributed by atoms with van der Waals surface area (Å²) >= 11 is 0. The van der Waals surface area contributed by atoms with Crippen LogP contribution < -0.4 is 5.32 Å². The van der Waals surface area contributed by atoms with Gasteiger partial charge in [0.2, 0.25) is 0 Å². The molecule has 2 fully saturated rings. The molecule has 3 heteroatoms. The summed E-state index contributed by atoms with van der Waals surface area (Å²) in [6.07, 6.45) is 5.64. The van der Waals surface area contributed by atoms with Crippen LogP contribution in [0.1, 0.15) is 46.5 Å². The van der Waals surface area contributed by atoms with E-state index in [1.165, 1.54) is 58.4 Å². The van der Waals surface area contributed by atoms with E-state index in [-0.39, 0.29) is 0 Å². The Labute approximate surface area is 119 Å². The molecular weight excluding hydrogens is 234 g/mol. The standard InChI is InChI=1S/C16H33N3/c1-16(2,3)19-12-10-18(11-13-19)9-8-14-6-5-7-15(14)17-4/h14-15,17H,5-13H2,1-4H3. The molecule has 0 aromatic heterocycles. The first-order valence-electron chi connectivity index (χ1n) is 8.15. The van der Waals surface area contributed by atoms with Crippen molar-refractivity contribution in [2.75, 3.05) is 39.8 Å². The van der Waals surface area contributed by atoms with Crippen LogP contribution in [0.3, 0.4) is 0 Å². The quantitative estimate of drug-likeness (QED) is 0.842. The fourth-order valence-corrected chi connectivity index (χ4v) is 3.75. The van der Waals surface area contributed by atoms with Gasteiger partial charge in [-0.1, -0.05) is 6.42 Å². The second-order valence-electron chi connectivity index (χ2n) is 7.37. The molecule has 112 valence electrons. The van der Waals surface area contributed by atoms with Crippen LogP contribution in [0.25, 0.3) is 0 Å². The van der Waals surface area contributed by atoms with E-state index in [9.17, 15) is 0 Å². The maximum Gasteiger partial charge on any atom is 0.0126 e. The molecule has 0 bridgehead atoms. The third-order valence-electron chi connectivity index (χ3n) is 5.17. The number of nitrogens with zero attached hydrogens (tertiary/aromatic N) is 2. The van der Waals surface area contributed by atoms with Gasteiger partial charge < -0.3 is 10.2 Å². The molecule has 0 aromatic carbocycles. The van der Waals surface area contributed by atoms with Crippen molar-refractivity contribution < 1.29 is 0 Å². The van der Waals surface area contributed by atoms with Crippen molar-refractivity contribution in [3.63, 3.8) is 0 Å². The van der Waals surface area contributed by atoms with Gasteiger partial charge >= 0.3 is 0 Å². The number of nitrogens with one attached hydrogen (secondary N) is 1. The Morgan fingerprint density at radius 1 is 1.05 bits per heavy atom. The zero-order valence-electron chi connectivity index (χ0n) is 13.4. The molecule has 1 N–H and O–H groups in total.